The maximum atomic E-state index is 13.7. The third kappa shape index (κ3) is 2.95. The summed E-state index contributed by atoms with van der Waals surface area (Å²) in [5, 5.41) is 8.72. The molecule has 128 valence electrons. The number of rotatable bonds is 5. The molecule has 1 aliphatic rings. The molecule has 0 unspecified atom stereocenters. The van der Waals surface area contributed by atoms with Gasteiger partial charge in [-0.05, 0) is 30.4 Å². The molecule has 7 heteroatoms. The highest BCUT2D eigenvalue weighted by molar-refractivity contribution is 7.13. The largest absolute Gasteiger partial charge is 0.355 e. The number of aromatic nitrogens is 1. The predicted molar refractivity (Wildman–Crippen MR) is 88.9 cm³/mol. The minimum atomic E-state index is -0.713. The molecule has 1 saturated carbocycles. The van der Waals surface area contributed by atoms with Crippen molar-refractivity contribution < 1.29 is 18.1 Å². The van der Waals surface area contributed by atoms with Gasteiger partial charge in [0.25, 0.3) is 0 Å². The van der Waals surface area contributed by atoms with Crippen LogP contribution >= 0.6 is 11.3 Å². The van der Waals surface area contributed by atoms with Gasteiger partial charge in [0, 0.05) is 24.2 Å². The van der Waals surface area contributed by atoms with Crippen molar-refractivity contribution >= 4 is 17.2 Å². The zero-order chi connectivity index (χ0) is 17.4. The molecule has 3 aromatic rings. The van der Waals surface area contributed by atoms with Gasteiger partial charge in [0.2, 0.25) is 5.91 Å². The highest BCUT2D eigenvalue weighted by atomic mass is 32.1. The number of halogens is 2. The first-order valence-corrected chi connectivity index (χ1v) is 8.70. The molecule has 0 atom stereocenters. The van der Waals surface area contributed by atoms with Crippen LogP contribution in [0.4, 0.5) is 8.78 Å². The van der Waals surface area contributed by atoms with E-state index in [1.807, 2.05) is 17.5 Å². The van der Waals surface area contributed by atoms with Gasteiger partial charge in [-0.3, -0.25) is 4.79 Å². The lowest BCUT2D eigenvalue weighted by molar-refractivity contribution is -0.123. The molecule has 0 aliphatic heterocycles. The lowest BCUT2D eigenvalue weighted by Gasteiger charge is -2.12. The minimum Gasteiger partial charge on any atom is -0.355 e. The molecule has 0 bridgehead atoms. The molecule has 1 aliphatic carbocycles. The summed E-state index contributed by atoms with van der Waals surface area (Å²) >= 11 is 1.53. The van der Waals surface area contributed by atoms with Crippen LogP contribution in [0.15, 0.2) is 46.3 Å². The second-order valence-corrected chi connectivity index (χ2v) is 7.00. The highest BCUT2D eigenvalue weighted by Crippen LogP contribution is 2.48. The minimum absolute atomic E-state index is 0.00231. The molecule has 1 fully saturated rings. The standard InChI is InChI=1S/C18H14F2N2O2S/c19-12-4-3-11(13(20)8-12)10-21-17(23)18(5-6-18)16-9-14(24-22-16)15-2-1-7-25-15/h1-4,7-9H,5-6,10H2,(H,21,23). The summed E-state index contributed by atoms with van der Waals surface area (Å²) in [5.74, 6) is -0.905. The Morgan fingerprint density at radius 3 is 2.80 bits per heavy atom. The fraction of sp³-hybridized carbons (Fsp3) is 0.222. The lowest BCUT2D eigenvalue weighted by Crippen LogP contribution is -2.34. The number of benzene rings is 1. The van der Waals surface area contributed by atoms with Crippen molar-refractivity contribution in [2.75, 3.05) is 0 Å². The predicted octanol–water partition coefficient (Wildman–Crippen LogP) is 4.03. The summed E-state index contributed by atoms with van der Waals surface area (Å²) in [5.41, 5.74) is 0.119. The number of carbonyl (C=O) groups is 1. The van der Waals surface area contributed by atoms with Gasteiger partial charge < -0.3 is 9.84 Å². The summed E-state index contributed by atoms with van der Waals surface area (Å²) < 4.78 is 32.0. The van der Waals surface area contributed by atoms with Crippen molar-refractivity contribution in [3.8, 4) is 10.6 Å². The molecule has 0 radical (unpaired) electrons. The third-order valence-electron chi connectivity index (χ3n) is 4.40. The van der Waals surface area contributed by atoms with Gasteiger partial charge in [0.05, 0.1) is 16.0 Å². The van der Waals surface area contributed by atoms with Crippen molar-refractivity contribution in [3.63, 3.8) is 0 Å². The number of hydrogen-bond donors (Lipinski definition) is 1. The van der Waals surface area contributed by atoms with Crippen LogP contribution in [0.25, 0.3) is 10.6 Å². The molecule has 0 saturated heterocycles. The van der Waals surface area contributed by atoms with Gasteiger partial charge in [-0.1, -0.05) is 17.3 Å². The Balaban J connectivity index is 1.48. The molecule has 0 spiro atoms. The van der Waals surface area contributed by atoms with Gasteiger partial charge in [-0.25, -0.2) is 8.78 Å². The number of nitrogens with zero attached hydrogens (tertiary/aromatic N) is 1. The van der Waals surface area contributed by atoms with Gasteiger partial charge in [-0.2, -0.15) is 0 Å². The molecular weight excluding hydrogens is 346 g/mol. The van der Waals surface area contributed by atoms with Crippen molar-refractivity contribution in [1.29, 1.82) is 0 Å². The maximum Gasteiger partial charge on any atom is 0.232 e. The average Bonchev–Trinajstić information content (AvgIpc) is 3.00. The number of nitrogens with one attached hydrogen (secondary N) is 1. The average molecular weight is 360 g/mol. The molecule has 2 heterocycles. The summed E-state index contributed by atoms with van der Waals surface area (Å²) in [7, 11) is 0. The molecule has 4 rings (SSSR count). The Kier molecular flexibility index (Phi) is 3.88. The van der Waals surface area contributed by atoms with Crippen molar-refractivity contribution in [3.05, 3.63) is 64.7 Å². The van der Waals surface area contributed by atoms with E-state index in [0.717, 1.165) is 10.9 Å². The Hall–Kier alpha value is -2.54. The highest BCUT2D eigenvalue weighted by Gasteiger charge is 2.53. The normalized spacial score (nSPS) is 15.1. The summed E-state index contributed by atoms with van der Waals surface area (Å²) in [6, 6.07) is 8.93. The Labute approximate surface area is 146 Å². The summed E-state index contributed by atoms with van der Waals surface area (Å²) in [4.78, 5) is 13.5. The number of carbonyl (C=O) groups excluding carboxylic acids is 1. The number of thiophene rings is 1. The van der Waals surface area contributed by atoms with Crippen LogP contribution in [0.1, 0.15) is 24.1 Å². The van der Waals surface area contributed by atoms with E-state index in [4.69, 9.17) is 4.52 Å². The zero-order valence-electron chi connectivity index (χ0n) is 13.1. The fourth-order valence-electron chi connectivity index (χ4n) is 2.77. The van der Waals surface area contributed by atoms with Crippen LogP contribution in [-0.4, -0.2) is 11.1 Å². The Morgan fingerprint density at radius 1 is 1.28 bits per heavy atom. The summed E-state index contributed by atoms with van der Waals surface area (Å²) in [6.45, 7) is 0.00231. The van der Waals surface area contributed by atoms with Gasteiger partial charge >= 0.3 is 0 Å². The summed E-state index contributed by atoms with van der Waals surface area (Å²) in [6.07, 6.45) is 1.34. The SMILES string of the molecule is O=C(NCc1ccc(F)cc1F)C1(c2cc(-c3cccs3)on2)CC1. The zero-order valence-corrected chi connectivity index (χ0v) is 13.9. The van der Waals surface area contributed by atoms with Crippen molar-refractivity contribution in [2.45, 2.75) is 24.8 Å². The van der Waals surface area contributed by atoms with Crippen LogP contribution in [0, 0.1) is 11.6 Å². The van der Waals surface area contributed by atoms with E-state index in [2.05, 4.69) is 10.5 Å². The molecule has 1 N–H and O–H groups in total. The van der Waals surface area contributed by atoms with Crippen molar-refractivity contribution in [1.82, 2.24) is 10.5 Å². The second-order valence-electron chi connectivity index (χ2n) is 6.05. The maximum absolute atomic E-state index is 13.7. The van der Waals surface area contributed by atoms with E-state index in [-0.39, 0.29) is 18.0 Å². The van der Waals surface area contributed by atoms with Crippen LogP contribution in [-0.2, 0) is 16.8 Å². The first-order chi connectivity index (χ1) is 12.1. The molecule has 25 heavy (non-hydrogen) atoms. The number of hydrogen-bond acceptors (Lipinski definition) is 4. The van der Waals surface area contributed by atoms with E-state index in [0.29, 0.717) is 24.3 Å². The van der Waals surface area contributed by atoms with Crippen LogP contribution in [0.3, 0.4) is 0 Å². The smallest absolute Gasteiger partial charge is 0.232 e. The lowest BCUT2D eigenvalue weighted by atomic mass is 10.0. The quantitative estimate of drug-likeness (QED) is 0.747. The molecule has 1 amide bonds. The van der Waals surface area contributed by atoms with Gasteiger partial charge in [-0.15, -0.1) is 11.3 Å². The van der Waals surface area contributed by atoms with Gasteiger partial charge in [0.15, 0.2) is 5.76 Å². The van der Waals surface area contributed by atoms with Crippen molar-refractivity contribution in [2.24, 2.45) is 0 Å². The van der Waals surface area contributed by atoms with E-state index in [9.17, 15) is 13.6 Å². The first kappa shape index (κ1) is 16.0. The molecule has 2 aromatic heterocycles. The Morgan fingerprint density at radius 2 is 2.12 bits per heavy atom. The third-order valence-corrected chi connectivity index (χ3v) is 5.29. The van der Waals surface area contributed by atoms with E-state index in [1.54, 1.807) is 6.07 Å². The number of amides is 1. The first-order valence-electron chi connectivity index (χ1n) is 7.82. The monoisotopic (exact) mass is 360 g/mol. The Bertz CT molecular complexity index is 917. The van der Waals surface area contributed by atoms with E-state index >= 15 is 0 Å². The van der Waals surface area contributed by atoms with E-state index in [1.165, 1.54) is 23.5 Å². The van der Waals surface area contributed by atoms with Gasteiger partial charge in [0.1, 0.15) is 11.6 Å². The van der Waals surface area contributed by atoms with E-state index < -0.39 is 17.0 Å². The van der Waals surface area contributed by atoms with Crippen LogP contribution in [0.2, 0.25) is 0 Å². The second kappa shape index (κ2) is 6.07. The fourth-order valence-corrected chi connectivity index (χ4v) is 3.44. The molecule has 4 nitrogen and oxygen atoms in total. The van der Waals surface area contributed by atoms with Crippen LogP contribution in [0.5, 0.6) is 0 Å². The topological polar surface area (TPSA) is 55.1 Å². The molecule has 1 aromatic carbocycles. The molecular formula is C18H14F2N2O2S. The van der Waals surface area contributed by atoms with Crippen LogP contribution < -0.4 is 5.32 Å².